The molecule has 1 N–H and O–H groups in total. The predicted molar refractivity (Wildman–Crippen MR) is 120 cm³/mol. The minimum absolute atomic E-state index is 0.139. The second-order valence-corrected chi connectivity index (χ2v) is 10.9. The molecule has 1 aliphatic heterocycles. The van der Waals surface area contributed by atoms with Crippen LogP contribution in [0.4, 0.5) is 11.4 Å². The zero-order valence-corrected chi connectivity index (χ0v) is 18.1. The third kappa shape index (κ3) is 4.20. The van der Waals surface area contributed by atoms with Crippen LogP contribution >= 0.6 is 0 Å². The molecule has 0 spiro atoms. The Bertz CT molecular complexity index is 1270. The van der Waals surface area contributed by atoms with E-state index in [0.717, 1.165) is 35.8 Å². The quantitative estimate of drug-likeness (QED) is 0.650. The molecule has 8 heteroatoms. The summed E-state index contributed by atoms with van der Waals surface area (Å²) in [6.07, 6.45) is 2.65. The van der Waals surface area contributed by atoms with Crippen LogP contribution in [0.5, 0.6) is 0 Å². The number of anilines is 2. The summed E-state index contributed by atoms with van der Waals surface area (Å²) >= 11 is 0. The molecule has 0 unspecified atom stereocenters. The van der Waals surface area contributed by atoms with Crippen molar-refractivity contribution in [3.8, 4) is 11.1 Å². The molecule has 6 nitrogen and oxygen atoms in total. The van der Waals surface area contributed by atoms with Gasteiger partial charge in [-0.2, -0.15) is 0 Å². The molecule has 0 aliphatic carbocycles. The lowest BCUT2D eigenvalue weighted by Gasteiger charge is -2.29. The van der Waals surface area contributed by atoms with Crippen molar-refractivity contribution in [2.75, 3.05) is 21.8 Å². The van der Waals surface area contributed by atoms with E-state index >= 15 is 0 Å². The molecule has 4 rings (SSSR count). The normalized spacial score (nSPS) is 14.2. The molecule has 30 heavy (non-hydrogen) atoms. The highest BCUT2D eigenvalue weighted by Crippen LogP contribution is 2.32. The van der Waals surface area contributed by atoms with Gasteiger partial charge in [0.25, 0.3) is 10.0 Å². The molecule has 0 saturated heterocycles. The summed E-state index contributed by atoms with van der Waals surface area (Å²) in [6, 6.07) is 21.4. The zero-order valence-electron chi connectivity index (χ0n) is 16.4. The van der Waals surface area contributed by atoms with Crippen LogP contribution in [0.15, 0.2) is 77.7 Å². The number of nitrogens with one attached hydrogen (secondary N) is 1. The van der Waals surface area contributed by atoms with Crippen LogP contribution < -0.4 is 9.03 Å². The predicted octanol–water partition coefficient (Wildman–Crippen LogP) is 3.87. The fraction of sp³-hybridized carbons (Fsp3) is 0.182. The number of rotatable bonds is 5. The molecular formula is C22H22N2O4S2. The highest BCUT2D eigenvalue weighted by molar-refractivity contribution is 7.92. The van der Waals surface area contributed by atoms with Crippen molar-refractivity contribution < 1.29 is 16.8 Å². The third-order valence-corrected chi connectivity index (χ3v) is 7.66. The second-order valence-electron chi connectivity index (χ2n) is 7.28. The maximum atomic E-state index is 12.9. The van der Waals surface area contributed by atoms with Crippen molar-refractivity contribution in [1.29, 1.82) is 0 Å². The fourth-order valence-corrected chi connectivity index (χ4v) is 5.66. The van der Waals surface area contributed by atoms with E-state index in [-0.39, 0.29) is 4.90 Å². The summed E-state index contributed by atoms with van der Waals surface area (Å²) in [5.41, 5.74) is 3.68. The first-order chi connectivity index (χ1) is 14.2. The van der Waals surface area contributed by atoms with Gasteiger partial charge in [-0.15, -0.1) is 0 Å². The summed E-state index contributed by atoms with van der Waals surface area (Å²) in [5.74, 6) is 0. The molecule has 0 saturated carbocycles. The summed E-state index contributed by atoms with van der Waals surface area (Å²) in [4.78, 5) is 0.139. The second kappa shape index (κ2) is 7.77. The van der Waals surface area contributed by atoms with E-state index in [0.29, 0.717) is 17.9 Å². The van der Waals surface area contributed by atoms with E-state index in [1.54, 1.807) is 42.5 Å². The van der Waals surface area contributed by atoms with Crippen molar-refractivity contribution in [3.63, 3.8) is 0 Å². The van der Waals surface area contributed by atoms with Crippen molar-refractivity contribution in [2.24, 2.45) is 0 Å². The molecular weight excluding hydrogens is 420 g/mol. The molecule has 0 amide bonds. The lowest BCUT2D eigenvalue weighted by Crippen LogP contribution is -2.34. The zero-order chi connectivity index (χ0) is 21.4. The van der Waals surface area contributed by atoms with Gasteiger partial charge < -0.3 is 0 Å². The van der Waals surface area contributed by atoms with Gasteiger partial charge in [0.1, 0.15) is 0 Å². The van der Waals surface area contributed by atoms with Crippen LogP contribution in [0.2, 0.25) is 0 Å². The topological polar surface area (TPSA) is 83.6 Å². The van der Waals surface area contributed by atoms with Gasteiger partial charge >= 0.3 is 0 Å². The monoisotopic (exact) mass is 442 g/mol. The summed E-state index contributed by atoms with van der Waals surface area (Å²) in [7, 11) is -7.24. The minimum atomic E-state index is -3.81. The Morgan fingerprint density at radius 1 is 0.833 bits per heavy atom. The van der Waals surface area contributed by atoms with Crippen molar-refractivity contribution in [2.45, 2.75) is 17.7 Å². The summed E-state index contributed by atoms with van der Waals surface area (Å²) in [6.45, 7) is 0.392. The van der Waals surface area contributed by atoms with E-state index in [9.17, 15) is 16.8 Å². The van der Waals surface area contributed by atoms with E-state index in [1.807, 2.05) is 30.3 Å². The Morgan fingerprint density at radius 2 is 1.50 bits per heavy atom. The van der Waals surface area contributed by atoms with Gasteiger partial charge in [0.05, 0.1) is 22.5 Å². The van der Waals surface area contributed by atoms with E-state index < -0.39 is 20.0 Å². The Morgan fingerprint density at radius 3 is 2.17 bits per heavy atom. The number of nitrogens with zero attached hydrogens (tertiary/aromatic N) is 1. The SMILES string of the molecule is CS(=O)(=O)N1CCCc2ccc(NS(=O)(=O)c3ccc(-c4ccccc4)cc3)cc21. The van der Waals surface area contributed by atoms with Gasteiger partial charge in [-0.05, 0) is 53.8 Å². The molecule has 3 aromatic rings. The fourth-order valence-electron chi connectivity index (χ4n) is 3.62. The number of sulfonamides is 2. The molecule has 0 bridgehead atoms. The first-order valence-corrected chi connectivity index (χ1v) is 12.9. The van der Waals surface area contributed by atoms with Crippen LogP contribution in [0.3, 0.4) is 0 Å². The Hall–Kier alpha value is -2.84. The molecule has 156 valence electrons. The molecule has 0 atom stereocenters. The number of fused-ring (bicyclic) bond motifs is 1. The van der Waals surface area contributed by atoms with Gasteiger partial charge in [-0.3, -0.25) is 9.03 Å². The molecule has 3 aromatic carbocycles. The Balaban J connectivity index is 1.61. The molecule has 1 aliphatic rings. The number of benzene rings is 3. The third-order valence-electron chi connectivity index (χ3n) is 5.09. The lowest BCUT2D eigenvalue weighted by atomic mass is 10.0. The Kier molecular flexibility index (Phi) is 5.29. The average Bonchev–Trinajstić information content (AvgIpc) is 2.73. The standard InChI is InChI=1S/C22H22N2O4S2/c1-29(25,26)24-15-5-8-19-9-12-20(16-22(19)24)23-30(27,28)21-13-10-18(11-14-21)17-6-3-2-4-7-17/h2-4,6-7,9-14,16,23H,5,8,15H2,1H3. The maximum absolute atomic E-state index is 12.9. The lowest BCUT2D eigenvalue weighted by molar-refractivity contribution is 0.592. The minimum Gasteiger partial charge on any atom is -0.280 e. The number of hydrogen-bond acceptors (Lipinski definition) is 4. The molecule has 0 radical (unpaired) electrons. The van der Waals surface area contributed by atoms with E-state index in [4.69, 9.17) is 0 Å². The molecule has 0 fully saturated rings. The van der Waals surface area contributed by atoms with Gasteiger partial charge in [0.2, 0.25) is 10.0 Å². The molecule has 0 aromatic heterocycles. The summed E-state index contributed by atoms with van der Waals surface area (Å²) in [5, 5.41) is 0. The van der Waals surface area contributed by atoms with Gasteiger partial charge in [-0.1, -0.05) is 48.5 Å². The van der Waals surface area contributed by atoms with Crippen molar-refractivity contribution >= 4 is 31.4 Å². The number of aryl methyl sites for hydroxylation is 1. The largest absolute Gasteiger partial charge is 0.280 e. The molecule has 1 heterocycles. The smallest absolute Gasteiger partial charge is 0.261 e. The summed E-state index contributed by atoms with van der Waals surface area (Å²) < 4.78 is 53.8. The van der Waals surface area contributed by atoms with Crippen LogP contribution in [0.1, 0.15) is 12.0 Å². The van der Waals surface area contributed by atoms with Crippen LogP contribution in [0, 0.1) is 0 Å². The van der Waals surface area contributed by atoms with Crippen molar-refractivity contribution in [1.82, 2.24) is 0 Å². The van der Waals surface area contributed by atoms with E-state index in [2.05, 4.69) is 4.72 Å². The van der Waals surface area contributed by atoms with Crippen LogP contribution in [-0.2, 0) is 26.5 Å². The first kappa shape index (κ1) is 20.4. The Labute approximate surface area is 177 Å². The van der Waals surface area contributed by atoms with E-state index in [1.165, 1.54) is 4.31 Å². The van der Waals surface area contributed by atoms with Gasteiger partial charge in [-0.25, -0.2) is 16.8 Å². The number of hydrogen-bond donors (Lipinski definition) is 1. The van der Waals surface area contributed by atoms with Crippen LogP contribution in [-0.4, -0.2) is 29.6 Å². The van der Waals surface area contributed by atoms with Gasteiger partial charge in [0, 0.05) is 6.54 Å². The average molecular weight is 443 g/mol. The maximum Gasteiger partial charge on any atom is 0.261 e. The van der Waals surface area contributed by atoms with Gasteiger partial charge in [0.15, 0.2) is 0 Å². The highest BCUT2D eigenvalue weighted by atomic mass is 32.2. The first-order valence-electron chi connectivity index (χ1n) is 9.53. The van der Waals surface area contributed by atoms with Crippen LogP contribution in [0.25, 0.3) is 11.1 Å². The highest BCUT2D eigenvalue weighted by Gasteiger charge is 2.25. The van der Waals surface area contributed by atoms with Crippen molar-refractivity contribution in [3.05, 3.63) is 78.4 Å².